The third kappa shape index (κ3) is 7.20. The van der Waals surface area contributed by atoms with Crippen molar-refractivity contribution in [2.45, 2.75) is 76.3 Å². The van der Waals surface area contributed by atoms with E-state index < -0.39 is 24.4 Å². The van der Waals surface area contributed by atoms with E-state index in [-0.39, 0.29) is 13.2 Å². The van der Waals surface area contributed by atoms with E-state index in [1.165, 1.54) is 38.5 Å². The third-order valence-electron chi connectivity index (χ3n) is 4.03. The average molecular weight is 316 g/mol. The van der Waals surface area contributed by atoms with Gasteiger partial charge in [-0.3, -0.25) is 0 Å². The maximum absolute atomic E-state index is 9.95. The van der Waals surface area contributed by atoms with E-state index in [0.29, 0.717) is 6.61 Å². The van der Waals surface area contributed by atoms with Gasteiger partial charge in [-0.2, -0.15) is 0 Å². The largest absolute Gasteiger partial charge is 0.394 e. The lowest BCUT2D eigenvalue weighted by Gasteiger charge is -2.36. The van der Waals surface area contributed by atoms with Gasteiger partial charge in [0.05, 0.1) is 19.8 Å². The molecule has 1 aliphatic heterocycles. The summed E-state index contributed by atoms with van der Waals surface area (Å²) in [4.78, 5) is 0. The minimum absolute atomic E-state index is 0.0778. The lowest BCUT2D eigenvalue weighted by molar-refractivity contribution is -0.207. The van der Waals surface area contributed by atoms with E-state index >= 15 is 0 Å². The molecule has 1 rings (SSSR count). The topological polar surface area (TPSA) is 79.2 Å². The first-order valence-corrected chi connectivity index (χ1v) is 8.55. The van der Waals surface area contributed by atoms with Crippen molar-refractivity contribution in [1.29, 1.82) is 0 Å². The van der Waals surface area contributed by atoms with Gasteiger partial charge in [-0.25, -0.2) is 0 Å². The first-order chi connectivity index (χ1) is 10.7. The summed E-state index contributed by atoms with van der Waals surface area (Å²) in [5, 5.41) is 28.8. The van der Waals surface area contributed by atoms with Crippen LogP contribution in [0.25, 0.3) is 0 Å². The second-order valence-corrected chi connectivity index (χ2v) is 5.94. The van der Waals surface area contributed by atoms with Crippen LogP contribution in [0.15, 0.2) is 12.2 Å². The number of rotatable bonds is 11. The molecule has 5 heteroatoms. The number of hydrogen-bond donors (Lipinski definition) is 3. The molecule has 0 aromatic heterocycles. The third-order valence-corrected chi connectivity index (χ3v) is 4.03. The molecule has 0 amide bonds. The molecule has 3 N–H and O–H groups in total. The van der Waals surface area contributed by atoms with E-state index in [1.807, 2.05) is 6.08 Å². The predicted octanol–water partition coefficient (Wildman–Crippen LogP) is 1.79. The van der Waals surface area contributed by atoms with Crippen LogP contribution in [0.2, 0.25) is 0 Å². The molecule has 0 aliphatic carbocycles. The fourth-order valence-corrected chi connectivity index (χ4v) is 2.62. The zero-order chi connectivity index (χ0) is 16.2. The average Bonchev–Trinajstić information content (AvgIpc) is 2.52. The molecular formula is C17H32O5. The molecule has 5 nitrogen and oxygen atoms in total. The summed E-state index contributed by atoms with van der Waals surface area (Å²) in [7, 11) is 0. The zero-order valence-electron chi connectivity index (χ0n) is 13.7. The molecule has 0 saturated carbocycles. The molecule has 130 valence electrons. The molecule has 4 atom stereocenters. The van der Waals surface area contributed by atoms with Crippen LogP contribution in [0.5, 0.6) is 0 Å². The van der Waals surface area contributed by atoms with Crippen LogP contribution in [0, 0.1) is 0 Å². The molecule has 0 radical (unpaired) electrons. The van der Waals surface area contributed by atoms with Crippen LogP contribution in [0.1, 0.15) is 51.9 Å². The molecule has 1 heterocycles. The molecule has 0 aromatic carbocycles. The minimum Gasteiger partial charge on any atom is -0.394 e. The minimum atomic E-state index is -0.999. The van der Waals surface area contributed by atoms with Gasteiger partial charge >= 0.3 is 0 Å². The second kappa shape index (κ2) is 12.0. The molecule has 22 heavy (non-hydrogen) atoms. The fourth-order valence-electron chi connectivity index (χ4n) is 2.62. The number of allylic oxidation sites excluding steroid dienone is 1. The molecule has 1 aliphatic rings. The van der Waals surface area contributed by atoms with Crippen LogP contribution < -0.4 is 0 Å². The molecule has 0 aromatic rings. The van der Waals surface area contributed by atoms with Crippen molar-refractivity contribution < 1.29 is 24.8 Å². The Morgan fingerprint density at radius 2 is 1.82 bits per heavy atom. The fraction of sp³-hybridized carbons (Fsp3) is 0.882. The Kier molecular flexibility index (Phi) is 10.7. The molecular weight excluding hydrogens is 284 g/mol. The van der Waals surface area contributed by atoms with Crippen LogP contribution >= 0.6 is 0 Å². The maximum atomic E-state index is 9.95. The maximum Gasteiger partial charge on any atom is 0.114 e. The number of hydrogen-bond acceptors (Lipinski definition) is 5. The van der Waals surface area contributed by atoms with E-state index in [9.17, 15) is 10.2 Å². The Balaban J connectivity index is 2.10. The van der Waals surface area contributed by atoms with Gasteiger partial charge in [0.25, 0.3) is 0 Å². The van der Waals surface area contributed by atoms with Gasteiger partial charge in [0.15, 0.2) is 0 Å². The highest BCUT2D eigenvalue weighted by Gasteiger charge is 2.38. The highest BCUT2D eigenvalue weighted by Crippen LogP contribution is 2.18. The first-order valence-electron chi connectivity index (χ1n) is 8.55. The summed E-state index contributed by atoms with van der Waals surface area (Å²) in [5.41, 5.74) is 0. The van der Waals surface area contributed by atoms with E-state index in [1.54, 1.807) is 0 Å². The zero-order valence-corrected chi connectivity index (χ0v) is 13.7. The summed E-state index contributed by atoms with van der Waals surface area (Å²) in [5.74, 6) is 0. The highest BCUT2D eigenvalue weighted by molar-refractivity contribution is 4.89. The van der Waals surface area contributed by atoms with Crippen LogP contribution in [-0.4, -0.2) is 59.6 Å². The molecule has 0 unspecified atom stereocenters. The lowest BCUT2D eigenvalue weighted by Crippen LogP contribution is -2.55. The van der Waals surface area contributed by atoms with Gasteiger partial charge in [-0.1, -0.05) is 51.2 Å². The van der Waals surface area contributed by atoms with Crippen molar-refractivity contribution in [3.8, 4) is 0 Å². The Morgan fingerprint density at radius 1 is 1.09 bits per heavy atom. The Bertz CT molecular complexity index is 295. The molecule has 1 saturated heterocycles. The van der Waals surface area contributed by atoms with Gasteiger partial charge in [0, 0.05) is 0 Å². The molecule has 1 fully saturated rings. The SMILES string of the molecule is CCCCCCCC/C=C/CO[C@H]1[C@H](O)[C@@H](CO)OC[C@@H]1O. The lowest BCUT2D eigenvalue weighted by atomic mass is 10.0. The summed E-state index contributed by atoms with van der Waals surface area (Å²) in [6.07, 6.45) is 9.50. The number of aliphatic hydroxyl groups is 3. The number of aliphatic hydroxyl groups excluding tert-OH is 3. The van der Waals surface area contributed by atoms with Crippen molar-refractivity contribution in [1.82, 2.24) is 0 Å². The number of ether oxygens (including phenoxy) is 2. The van der Waals surface area contributed by atoms with Crippen molar-refractivity contribution in [2.24, 2.45) is 0 Å². The normalized spacial score (nSPS) is 29.3. The summed E-state index contributed by atoms with van der Waals surface area (Å²) in [6, 6.07) is 0. The standard InChI is InChI=1S/C17H32O5/c1-2-3-4-5-6-7-8-9-10-11-21-17-14(19)13-22-15(12-18)16(17)20/h9-10,14-20H,2-8,11-13H2,1H3/b10-9+/t14-,15+,16+,17+/m0/s1. The number of unbranched alkanes of at least 4 members (excludes halogenated alkanes) is 6. The van der Waals surface area contributed by atoms with Crippen LogP contribution in [0.4, 0.5) is 0 Å². The van der Waals surface area contributed by atoms with Gasteiger partial charge < -0.3 is 24.8 Å². The van der Waals surface area contributed by atoms with Gasteiger partial charge in [0.1, 0.15) is 24.4 Å². The Morgan fingerprint density at radius 3 is 2.55 bits per heavy atom. The first kappa shape index (κ1) is 19.6. The monoisotopic (exact) mass is 316 g/mol. The van der Waals surface area contributed by atoms with Crippen molar-refractivity contribution in [2.75, 3.05) is 19.8 Å². The Labute approximate surface area is 133 Å². The smallest absolute Gasteiger partial charge is 0.114 e. The van der Waals surface area contributed by atoms with Crippen molar-refractivity contribution in [3.63, 3.8) is 0 Å². The van der Waals surface area contributed by atoms with E-state index in [2.05, 4.69) is 13.0 Å². The van der Waals surface area contributed by atoms with Gasteiger partial charge in [-0.05, 0) is 12.8 Å². The van der Waals surface area contributed by atoms with Gasteiger partial charge in [0.2, 0.25) is 0 Å². The van der Waals surface area contributed by atoms with Crippen molar-refractivity contribution in [3.05, 3.63) is 12.2 Å². The summed E-state index contributed by atoms with van der Waals surface area (Å²) >= 11 is 0. The van der Waals surface area contributed by atoms with Crippen LogP contribution in [-0.2, 0) is 9.47 Å². The molecule has 0 spiro atoms. The predicted molar refractivity (Wildman–Crippen MR) is 85.7 cm³/mol. The van der Waals surface area contributed by atoms with Crippen molar-refractivity contribution >= 4 is 0 Å². The van der Waals surface area contributed by atoms with Gasteiger partial charge in [-0.15, -0.1) is 0 Å². The van der Waals surface area contributed by atoms with E-state index in [4.69, 9.17) is 14.6 Å². The summed E-state index contributed by atoms with van der Waals surface area (Å²) < 4.78 is 10.7. The van der Waals surface area contributed by atoms with Crippen LogP contribution in [0.3, 0.4) is 0 Å². The summed E-state index contributed by atoms with van der Waals surface area (Å²) in [6.45, 7) is 2.38. The molecule has 0 bridgehead atoms. The van der Waals surface area contributed by atoms with E-state index in [0.717, 1.165) is 6.42 Å². The Hall–Kier alpha value is -0.460. The second-order valence-electron chi connectivity index (χ2n) is 5.94. The highest BCUT2D eigenvalue weighted by atomic mass is 16.6. The quantitative estimate of drug-likeness (QED) is 0.400.